The minimum atomic E-state index is -0.173. The summed E-state index contributed by atoms with van der Waals surface area (Å²) in [5.41, 5.74) is 7.71. The molecule has 16 heavy (non-hydrogen) atoms. The maximum Gasteiger partial charge on any atom is 0.0541 e. The quantitative estimate of drug-likeness (QED) is 0.748. The van der Waals surface area contributed by atoms with Gasteiger partial charge in [-0.05, 0) is 49.9 Å². The highest BCUT2D eigenvalue weighted by molar-refractivity contribution is 5.53. The number of hydrogen-bond acceptors (Lipinski definition) is 3. The van der Waals surface area contributed by atoms with E-state index in [1.165, 1.54) is 5.69 Å². The molecule has 88 valence electrons. The van der Waals surface area contributed by atoms with Gasteiger partial charge < -0.3 is 15.7 Å². The summed E-state index contributed by atoms with van der Waals surface area (Å²) in [6, 6.07) is 8.02. The summed E-state index contributed by atoms with van der Waals surface area (Å²) in [7, 11) is 0. The first-order valence-electron chi connectivity index (χ1n) is 5.95. The van der Waals surface area contributed by atoms with Gasteiger partial charge in [0.2, 0.25) is 0 Å². The van der Waals surface area contributed by atoms with E-state index < -0.39 is 0 Å². The lowest BCUT2D eigenvalue weighted by atomic mass is 9.92. The molecule has 0 saturated carbocycles. The van der Waals surface area contributed by atoms with E-state index in [0.717, 1.165) is 31.6 Å². The first kappa shape index (κ1) is 11.3. The van der Waals surface area contributed by atoms with Crippen molar-refractivity contribution >= 4 is 11.4 Å². The monoisotopic (exact) mass is 220 g/mol. The van der Waals surface area contributed by atoms with Gasteiger partial charge in [-0.15, -0.1) is 0 Å². The van der Waals surface area contributed by atoms with Gasteiger partial charge in [0.1, 0.15) is 0 Å². The molecule has 0 aliphatic carbocycles. The summed E-state index contributed by atoms with van der Waals surface area (Å²) in [4.78, 5) is 2.36. The zero-order valence-corrected chi connectivity index (χ0v) is 9.76. The number of hydrogen-bond donors (Lipinski definition) is 2. The van der Waals surface area contributed by atoms with Crippen LogP contribution < -0.4 is 10.6 Å². The molecular weight excluding hydrogens is 200 g/mol. The molecule has 3 heteroatoms. The Morgan fingerprint density at radius 3 is 2.31 bits per heavy atom. The molecule has 3 nitrogen and oxygen atoms in total. The molecule has 0 aromatic heterocycles. The standard InChI is InChI=1S/C13H20N2O/c1-10(16)11-6-8-15(9-7-11)13-4-2-12(14)3-5-13/h2-5,10-11,16H,6-9,14H2,1H3. The number of nitrogens with zero attached hydrogens (tertiary/aromatic N) is 1. The second-order valence-corrected chi connectivity index (χ2v) is 4.66. The van der Waals surface area contributed by atoms with E-state index in [1.807, 2.05) is 19.1 Å². The lowest BCUT2D eigenvalue weighted by molar-refractivity contribution is 0.110. The Morgan fingerprint density at radius 2 is 1.81 bits per heavy atom. The van der Waals surface area contributed by atoms with Gasteiger partial charge >= 0.3 is 0 Å². The van der Waals surface area contributed by atoms with Crippen LogP contribution in [0.15, 0.2) is 24.3 Å². The van der Waals surface area contributed by atoms with Crippen molar-refractivity contribution in [3.8, 4) is 0 Å². The van der Waals surface area contributed by atoms with Crippen LogP contribution in [0.5, 0.6) is 0 Å². The van der Waals surface area contributed by atoms with Gasteiger partial charge in [0.05, 0.1) is 6.10 Å². The maximum absolute atomic E-state index is 9.54. The van der Waals surface area contributed by atoms with E-state index in [-0.39, 0.29) is 6.10 Å². The topological polar surface area (TPSA) is 49.5 Å². The van der Waals surface area contributed by atoms with Crippen molar-refractivity contribution in [3.05, 3.63) is 24.3 Å². The fourth-order valence-electron chi connectivity index (χ4n) is 2.33. The van der Waals surface area contributed by atoms with Gasteiger partial charge in [-0.25, -0.2) is 0 Å². The number of aliphatic hydroxyl groups is 1. The van der Waals surface area contributed by atoms with Crippen molar-refractivity contribution < 1.29 is 5.11 Å². The van der Waals surface area contributed by atoms with Gasteiger partial charge in [-0.1, -0.05) is 0 Å². The van der Waals surface area contributed by atoms with E-state index in [4.69, 9.17) is 5.73 Å². The summed E-state index contributed by atoms with van der Waals surface area (Å²) >= 11 is 0. The molecule has 1 atom stereocenters. The van der Waals surface area contributed by atoms with Crippen LogP contribution in [-0.2, 0) is 0 Å². The predicted molar refractivity (Wildman–Crippen MR) is 67.5 cm³/mol. The summed E-state index contributed by atoms with van der Waals surface area (Å²) < 4.78 is 0. The van der Waals surface area contributed by atoms with Crippen LogP contribution in [0.3, 0.4) is 0 Å². The minimum Gasteiger partial charge on any atom is -0.399 e. The molecule has 1 aromatic carbocycles. The third-order valence-electron chi connectivity index (χ3n) is 3.48. The summed E-state index contributed by atoms with van der Waals surface area (Å²) in [5, 5.41) is 9.54. The van der Waals surface area contributed by atoms with E-state index >= 15 is 0 Å². The van der Waals surface area contributed by atoms with Crippen molar-refractivity contribution in [2.75, 3.05) is 23.7 Å². The van der Waals surface area contributed by atoms with E-state index in [9.17, 15) is 5.11 Å². The molecule has 1 fully saturated rings. The summed E-state index contributed by atoms with van der Waals surface area (Å²) in [5.74, 6) is 0.463. The number of nitrogens with two attached hydrogens (primary N) is 1. The van der Waals surface area contributed by atoms with Gasteiger partial charge in [0, 0.05) is 24.5 Å². The zero-order valence-electron chi connectivity index (χ0n) is 9.76. The van der Waals surface area contributed by atoms with Gasteiger partial charge in [0.15, 0.2) is 0 Å². The highest BCUT2D eigenvalue weighted by Crippen LogP contribution is 2.25. The Bertz CT molecular complexity index is 326. The summed E-state index contributed by atoms with van der Waals surface area (Å²) in [6.07, 6.45) is 1.97. The van der Waals surface area contributed by atoms with Crippen LogP contribution in [-0.4, -0.2) is 24.3 Å². The molecular formula is C13H20N2O. The molecule has 3 N–H and O–H groups in total. The number of aliphatic hydroxyl groups excluding tert-OH is 1. The maximum atomic E-state index is 9.54. The van der Waals surface area contributed by atoms with Crippen LogP contribution >= 0.6 is 0 Å². The molecule has 0 bridgehead atoms. The molecule has 2 rings (SSSR count). The SMILES string of the molecule is CC(O)C1CCN(c2ccc(N)cc2)CC1. The highest BCUT2D eigenvalue weighted by atomic mass is 16.3. The third-order valence-corrected chi connectivity index (χ3v) is 3.48. The first-order valence-corrected chi connectivity index (χ1v) is 5.95. The van der Waals surface area contributed by atoms with Crippen LogP contribution in [0.1, 0.15) is 19.8 Å². The average molecular weight is 220 g/mol. The zero-order chi connectivity index (χ0) is 11.5. The molecule has 1 heterocycles. The minimum absolute atomic E-state index is 0.173. The number of benzene rings is 1. The van der Waals surface area contributed by atoms with Gasteiger partial charge in [0.25, 0.3) is 0 Å². The second-order valence-electron chi connectivity index (χ2n) is 4.66. The van der Waals surface area contributed by atoms with E-state index in [0.29, 0.717) is 5.92 Å². The second kappa shape index (κ2) is 4.74. The number of anilines is 2. The van der Waals surface area contributed by atoms with Gasteiger partial charge in [-0.3, -0.25) is 0 Å². The first-order chi connectivity index (χ1) is 7.66. The summed E-state index contributed by atoms with van der Waals surface area (Å²) in [6.45, 7) is 3.95. The molecule has 1 saturated heterocycles. The van der Waals surface area contributed by atoms with Gasteiger partial charge in [-0.2, -0.15) is 0 Å². The Hall–Kier alpha value is -1.22. The molecule has 0 amide bonds. The molecule has 1 aliphatic heterocycles. The average Bonchev–Trinajstić information content (AvgIpc) is 2.30. The number of rotatable bonds is 2. The Labute approximate surface area is 96.9 Å². The number of nitrogen functional groups attached to an aromatic ring is 1. The predicted octanol–water partition coefficient (Wildman–Crippen LogP) is 1.87. The fraction of sp³-hybridized carbons (Fsp3) is 0.538. The smallest absolute Gasteiger partial charge is 0.0541 e. The van der Waals surface area contributed by atoms with Crippen molar-refractivity contribution in [1.29, 1.82) is 0 Å². The molecule has 0 radical (unpaired) electrons. The lowest BCUT2D eigenvalue weighted by Crippen LogP contribution is -2.36. The molecule has 1 aromatic rings. The van der Waals surface area contributed by atoms with Crippen LogP contribution in [0.4, 0.5) is 11.4 Å². The van der Waals surface area contributed by atoms with Crippen molar-refractivity contribution in [2.24, 2.45) is 5.92 Å². The lowest BCUT2D eigenvalue weighted by Gasteiger charge is -2.34. The third kappa shape index (κ3) is 2.47. The Balaban J connectivity index is 1.96. The molecule has 1 aliphatic rings. The molecule has 1 unspecified atom stereocenters. The van der Waals surface area contributed by atoms with Crippen molar-refractivity contribution in [3.63, 3.8) is 0 Å². The van der Waals surface area contributed by atoms with Crippen LogP contribution in [0.25, 0.3) is 0 Å². The van der Waals surface area contributed by atoms with Crippen LogP contribution in [0, 0.1) is 5.92 Å². The van der Waals surface area contributed by atoms with Crippen molar-refractivity contribution in [1.82, 2.24) is 0 Å². The number of piperidine rings is 1. The van der Waals surface area contributed by atoms with E-state index in [2.05, 4.69) is 17.0 Å². The largest absolute Gasteiger partial charge is 0.399 e. The fourth-order valence-corrected chi connectivity index (χ4v) is 2.33. The normalized spacial score (nSPS) is 19.8. The Morgan fingerprint density at radius 1 is 1.25 bits per heavy atom. The van der Waals surface area contributed by atoms with E-state index in [1.54, 1.807) is 0 Å². The molecule has 0 spiro atoms. The Kier molecular flexibility index (Phi) is 3.34. The van der Waals surface area contributed by atoms with Crippen molar-refractivity contribution in [2.45, 2.75) is 25.9 Å². The van der Waals surface area contributed by atoms with Crippen LogP contribution in [0.2, 0.25) is 0 Å². The highest BCUT2D eigenvalue weighted by Gasteiger charge is 2.22.